The molecule has 2 heterocycles. The Morgan fingerprint density at radius 1 is 1.62 bits per heavy atom. The van der Waals surface area contributed by atoms with Gasteiger partial charge in [-0.1, -0.05) is 0 Å². The lowest BCUT2D eigenvalue weighted by Crippen LogP contribution is -2.35. The van der Waals surface area contributed by atoms with E-state index in [0.717, 1.165) is 12.6 Å². The second-order valence-electron chi connectivity index (χ2n) is 2.85. The van der Waals surface area contributed by atoms with Crippen LogP contribution >= 0.6 is 0 Å². The molecule has 1 N–H and O–H groups in total. The summed E-state index contributed by atoms with van der Waals surface area (Å²) in [6.45, 7) is 2.31. The lowest BCUT2D eigenvalue weighted by Gasteiger charge is -2.17. The van der Waals surface area contributed by atoms with Gasteiger partial charge in [0.2, 0.25) is 0 Å². The highest BCUT2D eigenvalue weighted by Crippen LogP contribution is 2.23. The molecule has 0 aromatic carbocycles. The molecule has 2 rings (SSSR count). The minimum atomic E-state index is 0.699. The first-order valence-corrected chi connectivity index (χ1v) is 3.23. The topological polar surface area (TPSA) is 16.0 Å². The van der Waals surface area contributed by atoms with E-state index in [2.05, 4.69) is 16.7 Å². The minimum absolute atomic E-state index is 0.699. The molecule has 2 fully saturated rings. The fourth-order valence-corrected chi connectivity index (χ4v) is 1.67. The van der Waals surface area contributed by atoms with E-state index in [9.17, 15) is 0 Å². The largest absolute Gasteiger partial charge is 0.429 e. The number of morpholine rings is 1. The Hall–Kier alpha value is -0.0800. The van der Waals surface area contributed by atoms with Crippen molar-refractivity contribution in [1.29, 1.82) is 0 Å². The fraction of sp³-hybridized carbons (Fsp3) is 1.00. The third-order valence-electron chi connectivity index (χ3n) is 2.24. The van der Waals surface area contributed by atoms with Gasteiger partial charge >= 0.3 is 0 Å². The lowest BCUT2D eigenvalue weighted by atomic mass is 10.2. The van der Waals surface area contributed by atoms with Crippen LogP contribution in [0.15, 0.2) is 0 Å². The standard InChI is InChI=1S/C6H11NO/c1-7-3-6-2-5(7)4-8-6/h5-6H,2-4H2,1H3/p+1. The van der Waals surface area contributed by atoms with E-state index in [4.69, 9.17) is 0 Å². The number of likely N-dealkylation sites (tertiary alicyclic amines) is 1. The zero-order chi connectivity index (χ0) is 5.56. The van der Waals surface area contributed by atoms with Crippen molar-refractivity contribution < 1.29 is 4.74 Å². The van der Waals surface area contributed by atoms with Gasteiger partial charge in [0.05, 0.1) is 12.6 Å². The van der Waals surface area contributed by atoms with Crippen LogP contribution in [0.4, 0.5) is 0 Å². The van der Waals surface area contributed by atoms with Crippen molar-refractivity contribution in [2.45, 2.75) is 18.6 Å². The van der Waals surface area contributed by atoms with Crippen molar-refractivity contribution in [3.05, 3.63) is 0 Å². The Balaban J connectivity index is 2.11. The van der Waals surface area contributed by atoms with Crippen LogP contribution in [0, 0.1) is 0 Å². The van der Waals surface area contributed by atoms with Crippen LogP contribution < -0.4 is 0 Å². The van der Waals surface area contributed by atoms with E-state index in [1.54, 1.807) is 0 Å². The van der Waals surface area contributed by atoms with Crippen molar-refractivity contribution in [3.63, 3.8) is 0 Å². The number of ether oxygens (including phenoxy) is 1. The molecule has 2 aliphatic rings. The maximum Gasteiger partial charge on any atom is 0.169 e. The zero-order valence-electron chi connectivity index (χ0n) is 5.17. The molecule has 0 amide bonds. The Labute approximate surface area is 49.4 Å². The average Bonchev–Trinajstić information content (AvgIpc) is 2.23. The van der Waals surface area contributed by atoms with E-state index in [1.165, 1.54) is 13.0 Å². The number of nitrogens with zero attached hydrogens (tertiary/aromatic N) is 1. The first-order chi connectivity index (χ1) is 3.86. The molecule has 0 radical (unpaired) electrons. The molecule has 8 heavy (non-hydrogen) atoms. The van der Waals surface area contributed by atoms with Crippen molar-refractivity contribution in [1.82, 2.24) is 4.90 Å². The highest BCUT2D eigenvalue weighted by molar-refractivity contribution is 4.88. The van der Waals surface area contributed by atoms with Crippen LogP contribution in [0.5, 0.6) is 0 Å². The van der Waals surface area contributed by atoms with E-state index < -0.39 is 0 Å². The molecule has 0 spiro atoms. The summed E-state index contributed by atoms with van der Waals surface area (Å²) in [5.74, 6) is 0. The van der Waals surface area contributed by atoms with Gasteiger partial charge in [0.25, 0.3) is 0 Å². The van der Waals surface area contributed by atoms with Crippen LogP contribution in [0.3, 0.4) is 0 Å². The molecular weight excluding hydrogens is 102 g/mol. The molecule has 0 aromatic heterocycles. The van der Waals surface area contributed by atoms with Crippen LogP contribution in [0.2, 0.25) is 0 Å². The van der Waals surface area contributed by atoms with Gasteiger partial charge in [-0.2, -0.15) is 0 Å². The summed E-state index contributed by atoms with van der Waals surface area (Å²) < 4.78 is 4.41. The van der Waals surface area contributed by atoms with E-state index in [0.29, 0.717) is 6.10 Å². The highest BCUT2D eigenvalue weighted by Gasteiger charge is 2.41. The summed E-state index contributed by atoms with van der Waals surface area (Å²) in [4.78, 5) is 2.41. The molecule has 2 heteroatoms. The average molecular weight is 114 g/mol. The number of hydrogen-bond donors (Lipinski definition) is 0. The van der Waals surface area contributed by atoms with Crippen LogP contribution in [-0.4, -0.2) is 42.0 Å². The molecule has 2 bridgehead atoms. The predicted octanol–water partition coefficient (Wildman–Crippen LogP) is -0.399. The van der Waals surface area contributed by atoms with E-state index >= 15 is 0 Å². The Bertz CT molecular complexity index is 103. The van der Waals surface area contributed by atoms with Gasteiger partial charge in [0.15, 0.2) is 12.7 Å². The molecule has 0 saturated carbocycles. The van der Waals surface area contributed by atoms with Crippen molar-refractivity contribution in [2.75, 3.05) is 20.2 Å². The number of aliphatic hydroxyl groups is 2. The fourth-order valence-electron chi connectivity index (χ4n) is 1.67. The zero-order valence-corrected chi connectivity index (χ0v) is 5.17. The van der Waals surface area contributed by atoms with Gasteiger partial charge in [-0.25, -0.2) is 0 Å². The summed E-state index contributed by atoms with van der Waals surface area (Å²) in [6.07, 6.45) is 2.03. The molecule has 2 aliphatic heterocycles. The van der Waals surface area contributed by atoms with Gasteiger partial charge < -0.3 is 4.74 Å². The van der Waals surface area contributed by atoms with Gasteiger partial charge in [-0.3, -0.25) is 4.90 Å². The molecule has 2 nitrogen and oxygen atoms in total. The number of fused-ring (bicyclic) bond motifs is 2. The number of likely N-dealkylation sites (N-methyl/N-ethyl adjacent to an activating group) is 1. The molecule has 0 aliphatic carbocycles. The van der Waals surface area contributed by atoms with Gasteiger partial charge in [0.1, 0.15) is 0 Å². The third kappa shape index (κ3) is 0.501. The molecule has 0 aromatic rings. The first kappa shape index (κ1) is 4.77. The minimum Gasteiger partial charge on any atom is -0.429 e. The molecular formula is C6H12NO+. The van der Waals surface area contributed by atoms with Crippen molar-refractivity contribution >= 4 is 0 Å². The number of rotatable bonds is 0. The molecule has 2 unspecified atom stereocenters. The maximum atomic E-state index is 4.41. The Morgan fingerprint density at radius 2 is 2.50 bits per heavy atom. The van der Waals surface area contributed by atoms with Crippen LogP contribution in [0.1, 0.15) is 6.42 Å². The summed E-state index contributed by atoms with van der Waals surface area (Å²) >= 11 is 0. The molecule has 2 atom stereocenters. The quantitative estimate of drug-likeness (QED) is 0.391. The Morgan fingerprint density at radius 3 is 2.75 bits per heavy atom. The van der Waals surface area contributed by atoms with Crippen molar-refractivity contribution in [2.24, 2.45) is 0 Å². The van der Waals surface area contributed by atoms with Gasteiger partial charge in [-0.15, -0.1) is 0 Å². The van der Waals surface area contributed by atoms with Crippen molar-refractivity contribution in [3.8, 4) is 0 Å². The van der Waals surface area contributed by atoms with E-state index in [-0.39, 0.29) is 0 Å². The molecule has 2 saturated heterocycles. The van der Waals surface area contributed by atoms with Gasteiger partial charge in [-0.05, 0) is 7.05 Å². The number of hydrogen-bond acceptors (Lipinski definition) is 1. The molecule has 46 valence electrons. The monoisotopic (exact) mass is 114 g/mol. The van der Waals surface area contributed by atoms with E-state index in [1.807, 2.05) is 0 Å². The summed E-state index contributed by atoms with van der Waals surface area (Å²) in [6, 6.07) is 0.806. The lowest BCUT2D eigenvalue weighted by molar-refractivity contribution is -0.0977. The van der Waals surface area contributed by atoms with Crippen LogP contribution in [0.25, 0.3) is 0 Å². The first-order valence-electron chi connectivity index (χ1n) is 3.23. The summed E-state index contributed by atoms with van der Waals surface area (Å²) in [5.41, 5.74) is 0. The second kappa shape index (κ2) is 1.45. The normalized spacial score (nSPS) is 46.1. The SMILES string of the molecule is CN1CC2CC1C[OH+]2. The summed E-state index contributed by atoms with van der Waals surface area (Å²) in [7, 11) is 2.19. The predicted molar refractivity (Wildman–Crippen MR) is 31.9 cm³/mol. The summed E-state index contributed by atoms with van der Waals surface area (Å²) in [5, 5.41) is 0. The van der Waals surface area contributed by atoms with Gasteiger partial charge in [0, 0.05) is 6.42 Å². The maximum absolute atomic E-state index is 4.41. The second-order valence-corrected chi connectivity index (χ2v) is 2.85. The smallest absolute Gasteiger partial charge is 0.169 e. The Kier molecular flexibility index (Phi) is 0.866. The highest BCUT2D eigenvalue weighted by atomic mass is 16.5. The van der Waals surface area contributed by atoms with Crippen LogP contribution in [-0.2, 0) is 0 Å². The third-order valence-corrected chi connectivity index (χ3v) is 2.24.